The smallest absolute Gasteiger partial charge is 0.309 e. The summed E-state index contributed by atoms with van der Waals surface area (Å²) in [6, 6.07) is 58.1. The average Bonchev–Trinajstić information content (AvgIpc) is 3.80. The zero-order valence-corrected chi connectivity index (χ0v) is 36.3. The van der Waals surface area contributed by atoms with Gasteiger partial charge in [0, 0.05) is 68.5 Å². The van der Waals surface area contributed by atoms with Crippen molar-refractivity contribution in [3.8, 4) is 0 Å². The maximum absolute atomic E-state index is 11.3. The minimum Gasteiger partial charge on any atom is -0.469 e. The third-order valence-corrected chi connectivity index (χ3v) is 11.4. The van der Waals surface area contributed by atoms with Crippen LogP contribution in [0.4, 0.5) is 0 Å². The van der Waals surface area contributed by atoms with Crippen LogP contribution in [0, 0.1) is 0 Å². The van der Waals surface area contributed by atoms with Crippen LogP contribution in [0.3, 0.4) is 0 Å². The van der Waals surface area contributed by atoms with Crippen molar-refractivity contribution < 1.29 is 24.3 Å². The number of carbonyl (C=O) groups is 3. The molecule has 0 radical (unpaired) electrons. The summed E-state index contributed by atoms with van der Waals surface area (Å²) in [4.78, 5) is 33.4. The van der Waals surface area contributed by atoms with Crippen molar-refractivity contribution >= 4 is 77.2 Å². The van der Waals surface area contributed by atoms with Gasteiger partial charge in [-0.15, -0.1) is 0 Å². The van der Waals surface area contributed by atoms with Crippen molar-refractivity contribution in [2.45, 2.75) is 44.6 Å². The Balaban J connectivity index is 0.000000147. The summed E-state index contributed by atoms with van der Waals surface area (Å²) in [7, 11) is 1.40. The Morgan fingerprint density at radius 3 is 1.15 bits per heavy atom. The van der Waals surface area contributed by atoms with Gasteiger partial charge in [0.15, 0.2) is 0 Å². The fourth-order valence-electron chi connectivity index (χ4n) is 7.73. The van der Waals surface area contributed by atoms with E-state index < -0.39 is 5.91 Å². The number of ketones is 1. The molecule has 312 valence electrons. The molecular formula is C53H48BrN3O5. The van der Waals surface area contributed by atoms with Gasteiger partial charge in [0.05, 0.1) is 20.0 Å². The van der Waals surface area contributed by atoms with Crippen LogP contribution in [0.2, 0.25) is 0 Å². The van der Waals surface area contributed by atoms with Gasteiger partial charge >= 0.3 is 5.97 Å². The van der Waals surface area contributed by atoms with Gasteiger partial charge in [-0.1, -0.05) is 162 Å². The number of halogens is 1. The highest BCUT2D eigenvalue weighted by Gasteiger charge is 2.12. The van der Waals surface area contributed by atoms with Gasteiger partial charge in [-0.2, -0.15) is 0 Å². The van der Waals surface area contributed by atoms with E-state index in [0.29, 0.717) is 12.8 Å². The van der Waals surface area contributed by atoms with Crippen molar-refractivity contribution in [1.29, 1.82) is 0 Å². The minimum atomic E-state index is -0.407. The van der Waals surface area contributed by atoms with Crippen LogP contribution < -0.4 is 5.48 Å². The van der Waals surface area contributed by atoms with E-state index in [2.05, 4.69) is 151 Å². The number of para-hydroxylation sites is 4. The molecule has 0 atom stereocenters. The number of carbonyl (C=O) groups excluding carboxylic acids is 3. The van der Waals surface area contributed by atoms with E-state index in [0.717, 1.165) is 35.1 Å². The Morgan fingerprint density at radius 1 is 0.484 bits per heavy atom. The topological polar surface area (TPSA) is 103 Å². The second kappa shape index (κ2) is 20.6. The van der Waals surface area contributed by atoms with Crippen molar-refractivity contribution in [2.75, 3.05) is 7.11 Å². The fraction of sp³-hybridized carbons (Fsp3) is 0.151. The van der Waals surface area contributed by atoms with Crippen LogP contribution >= 0.6 is 15.9 Å². The van der Waals surface area contributed by atoms with Crippen LogP contribution in [0.1, 0.15) is 40.3 Å². The normalized spacial score (nSPS) is 10.8. The number of fused-ring (bicyclic) bond motifs is 6. The summed E-state index contributed by atoms with van der Waals surface area (Å²) < 4.78 is 9.25. The number of aromatic nitrogens is 2. The second-order valence-electron chi connectivity index (χ2n) is 15.2. The third-order valence-electron chi connectivity index (χ3n) is 10.8. The number of hydrogen-bond acceptors (Lipinski definition) is 5. The highest BCUT2D eigenvalue weighted by molar-refractivity contribution is 9.08. The molecule has 0 fully saturated rings. The number of amides is 1. The van der Waals surface area contributed by atoms with Crippen LogP contribution in [0.15, 0.2) is 170 Å². The molecule has 62 heavy (non-hydrogen) atoms. The summed E-state index contributed by atoms with van der Waals surface area (Å²) in [6.45, 7) is 3.22. The van der Waals surface area contributed by atoms with Crippen LogP contribution in [-0.4, -0.2) is 39.1 Å². The molecule has 9 heteroatoms. The average molecular weight is 887 g/mol. The van der Waals surface area contributed by atoms with Crippen molar-refractivity contribution in [1.82, 2.24) is 14.6 Å². The molecule has 0 spiro atoms. The molecule has 0 aliphatic carbocycles. The number of rotatable bonds is 11. The molecule has 2 heterocycles. The van der Waals surface area contributed by atoms with Gasteiger partial charge in [-0.25, -0.2) is 5.48 Å². The summed E-state index contributed by atoms with van der Waals surface area (Å²) in [5.41, 5.74) is 13.2. The van der Waals surface area contributed by atoms with E-state index in [1.54, 1.807) is 12.4 Å². The number of Topliss-reactive ketones (excluding diaryl/α,β-unsaturated/α-hetero) is 1. The van der Waals surface area contributed by atoms with Crippen molar-refractivity contribution in [3.63, 3.8) is 0 Å². The summed E-state index contributed by atoms with van der Waals surface area (Å²) in [6.07, 6.45) is 1.03. The highest BCUT2D eigenvalue weighted by Crippen LogP contribution is 2.31. The standard InChI is InChI=1S/C22H19NO.C21H18N2O2.C10H11BrO2/c1-16(24)14-17-10-12-18(13-11-17)15-23-21-8-4-2-6-19(21)20-7-3-5-9-22(20)23;24-21(22-25)13-15-9-11-16(12-10-15)14-23-19-7-3-1-5-17(19)18-6-2-4-8-20(18)23;1-13-10(12)6-8-2-4-9(7-11)5-3-8/h2-13H,14-15H2,1H3;1-12,25H,13-14H2,(H,22,24);2-5H,6-7H2,1H3. The number of nitrogens with zero attached hydrogens (tertiary/aromatic N) is 2. The molecule has 0 unspecified atom stereocenters. The molecule has 0 saturated heterocycles. The summed E-state index contributed by atoms with van der Waals surface area (Å²) in [5, 5.41) is 14.6. The maximum atomic E-state index is 11.3. The van der Waals surface area contributed by atoms with E-state index in [1.165, 1.54) is 67.4 Å². The van der Waals surface area contributed by atoms with Crippen molar-refractivity contribution in [2.24, 2.45) is 0 Å². The van der Waals surface area contributed by atoms with E-state index in [9.17, 15) is 14.4 Å². The first-order valence-electron chi connectivity index (χ1n) is 20.4. The quantitative estimate of drug-likeness (QED) is 0.0583. The molecule has 9 rings (SSSR count). The maximum Gasteiger partial charge on any atom is 0.309 e. The van der Waals surface area contributed by atoms with Crippen LogP contribution in [0.25, 0.3) is 43.6 Å². The van der Waals surface area contributed by atoms with Crippen LogP contribution in [-0.2, 0) is 56.8 Å². The predicted molar refractivity (Wildman–Crippen MR) is 253 cm³/mol. The first-order chi connectivity index (χ1) is 30.2. The first kappa shape index (κ1) is 43.3. The lowest BCUT2D eigenvalue weighted by Crippen LogP contribution is -2.20. The fourth-order valence-corrected chi connectivity index (χ4v) is 8.11. The molecule has 8 nitrogen and oxygen atoms in total. The Bertz CT molecular complexity index is 2840. The molecule has 9 aromatic rings. The molecule has 2 N–H and O–H groups in total. The monoisotopic (exact) mass is 885 g/mol. The molecular weight excluding hydrogens is 839 g/mol. The highest BCUT2D eigenvalue weighted by atomic mass is 79.9. The molecule has 1 amide bonds. The number of benzene rings is 7. The van der Waals surface area contributed by atoms with Gasteiger partial charge in [-0.3, -0.25) is 19.6 Å². The Hall–Kier alpha value is -6.81. The number of hydroxylamine groups is 1. The number of nitrogens with one attached hydrogen (secondary N) is 1. The van der Waals surface area contributed by atoms with Gasteiger partial charge < -0.3 is 13.9 Å². The third kappa shape index (κ3) is 10.5. The lowest BCUT2D eigenvalue weighted by molar-refractivity contribution is -0.139. The zero-order valence-electron chi connectivity index (χ0n) is 34.8. The first-order valence-corrected chi connectivity index (χ1v) is 21.6. The number of hydrogen-bond donors (Lipinski definition) is 2. The second-order valence-corrected chi connectivity index (χ2v) is 15.7. The van der Waals surface area contributed by atoms with E-state index in [-0.39, 0.29) is 18.2 Å². The van der Waals surface area contributed by atoms with E-state index >= 15 is 0 Å². The number of esters is 1. The predicted octanol–water partition coefficient (Wildman–Crippen LogP) is 11.2. The van der Waals surface area contributed by atoms with Gasteiger partial charge in [0.25, 0.3) is 0 Å². The molecule has 0 saturated carbocycles. The van der Waals surface area contributed by atoms with Crippen LogP contribution in [0.5, 0.6) is 0 Å². The van der Waals surface area contributed by atoms with E-state index in [4.69, 9.17) is 5.21 Å². The van der Waals surface area contributed by atoms with Gasteiger partial charge in [-0.05, 0) is 64.6 Å². The zero-order chi connectivity index (χ0) is 43.4. The SMILES string of the molecule is CC(=O)Cc1ccc(Cn2c3ccccc3c3ccccc32)cc1.COC(=O)Cc1ccc(CBr)cc1.O=C(Cc1ccc(Cn2c3ccccc3c3ccccc32)cc1)NO. The molecule has 2 aromatic heterocycles. The Labute approximate surface area is 369 Å². The Kier molecular flexibility index (Phi) is 14.4. The lowest BCUT2D eigenvalue weighted by Gasteiger charge is -2.09. The van der Waals surface area contributed by atoms with E-state index in [1.807, 2.05) is 48.5 Å². The largest absolute Gasteiger partial charge is 0.469 e. The molecule has 7 aromatic carbocycles. The molecule has 0 aliphatic heterocycles. The number of alkyl halides is 1. The van der Waals surface area contributed by atoms with Crippen molar-refractivity contribution in [3.05, 3.63) is 203 Å². The summed E-state index contributed by atoms with van der Waals surface area (Å²) in [5.74, 6) is -0.410. The number of ether oxygens (including phenoxy) is 1. The lowest BCUT2D eigenvalue weighted by atomic mass is 10.1. The minimum absolute atomic E-state index is 0.173. The molecule has 0 aliphatic rings. The number of methoxy groups -OCH3 is 1. The van der Waals surface area contributed by atoms with Gasteiger partial charge in [0.2, 0.25) is 5.91 Å². The molecule has 0 bridgehead atoms. The Morgan fingerprint density at radius 2 is 0.806 bits per heavy atom. The summed E-state index contributed by atoms with van der Waals surface area (Å²) >= 11 is 3.35. The van der Waals surface area contributed by atoms with Gasteiger partial charge in [0.1, 0.15) is 5.78 Å².